The maximum absolute atomic E-state index is 12.4. The number of aromatic nitrogens is 1. The van der Waals surface area contributed by atoms with Crippen molar-refractivity contribution in [1.82, 2.24) is 10.1 Å². The number of ether oxygens (including phenoxy) is 1. The molecular weight excluding hydrogens is 220 g/mol. The molecule has 0 unspecified atom stereocenters. The molecule has 1 aromatic heterocycles. The van der Waals surface area contributed by atoms with Gasteiger partial charge in [-0.05, 0) is 27.7 Å². The third kappa shape index (κ3) is 2.34. The van der Waals surface area contributed by atoms with E-state index in [1.54, 1.807) is 13.8 Å². The summed E-state index contributed by atoms with van der Waals surface area (Å²) in [5.41, 5.74) is 1.24. The van der Waals surface area contributed by atoms with E-state index in [0.717, 1.165) is 0 Å². The van der Waals surface area contributed by atoms with E-state index >= 15 is 0 Å². The Kier molecular flexibility index (Phi) is 3.19. The minimum absolute atomic E-state index is 0.0109. The van der Waals surface area contributed by atoms with Crippen LogP contribution in [0.4, 0.5) is 0 Å². The largest absolute Gasteiger partial charge is 0.372 e. The van der Waals surface area contributed by atoms with Gasteiger partial charge in [-0.3, -0.25) is 4.79 Å². The van der Waals surface area contributed by atoms with Crippen molar-refractivity contribution in [3.8, 4) is 0 Å². The Hall–Kier alpha value is -1.36. The van der Waals surface area contributed by atoms with Crippen molar-refractivity contribution in [1.29, 1.82) is 0 Å². The number of morpholine rings is 1. The molecule has 1 amide bonds. The van der Waals surface area contributed by atoms with E-state index in [1.165, 1.54) is 0 Å². The molecule has 1 aliphatic heterocycles. The van der Waals surface area contributed by atoms with E-state index in [0.29, 0.717) is 30.1 Å². The minimum atomic E-state index is -0.0109. The van der Waals surface area contributed by atoms with Gasteiger partial charge < -0.3 is 14.2 Å². The van der Waals surface area contributed by atoms with Crippen molar-refractivity contribution in [3.05, 3.63) is 17.0 Å². The van der Waals surface area contributed by atoms with Crippen LogP contribution in [0.2, 0.25) is 0 Å². The van der Waals surface area contributed by atoms with E-state index in [4.69, 9.17) is 9.26 Å². The van der Waals surface area contributed by atoms with E-state index in [2.05, 4.69) is 5.16 Å². The topological polar surface area (TPSA) is 55.6 Å². The molecule has 1 saturated heterocycles. The first kappa shape index (κ1) is 12.1. The zero-order valence-electron chi connectivity index (χ0n) is 10.7. The van der Waals surface area contributed by atoms with Gasteiger partial charge in [0.1, 0.15) is 11.3 Å². The molecule has 0 aromatic carbocycles. The normalized spacial score (nSPS) is 25.1. The van der Waals surface area contributed by atoms with Crippen LogP contribution in [0.3, 0.4) is 0 Å². The van der Waals surface area contributed by atoms with Gasteiger partial charge in [-0.1, -0.05) is 5.16 Å². The zero-order valence-corrected chi connectivity index (χ0v) is 10.7. The van der Waals surface area contributed by atoms with Crippen LogP contribution in [0.1, 0.15) is 35.7 Å². The summed E-state index contributed by atoms with van der Waals surface area (Å²) in [4.78, 5) is 14.2. The molecule has 0 saturated carbocycles. The van der Waals surface area contributed by atoms with Gasteiger partial charge in [0, 0.05) is 13.1 Å². The monoisotopic (exact) mass is 238 g/mol. The van der Waals surface area contributed by atoms with Crippen molar-refractivity contribution < 1.29 is 14.1 Å². The number of carbonyl (C=O) groups is 1. The summed E-state index contributed by atoms with van der Waals surface area (Å²) in [5.74, 6) is 0.572. The number of aryl methyl sites for hydroxylation is 2. The lowest BCUT2D eigenvalue weighted by Crippen LogP contribution is -2.48. The molecule has 17 heavy (non-hydrogen) atoms. The molecule has 0 bridgehead atoms. The Morgan fingerprint density at radius 2 is 1.88 bits per heavy atom. The zero-order chi connectivity index (χ0) is 12.6. The van der Waals surface area contributed by atoms with Crippen LogP contribution in [-0.2, 0) is 4.74 Å². The highest BCUT2D eigenvalue weighted by Crippen LogP contribution is 2.18. The SMILES string of the molecule is Cc1noc(C)c1C(=O)N1C[C@H](C)O[C@@H](C)C1. The van der Waals surface area contributed by atoms with Crippen molar-refractivity contribution >= 4 is 5.91 Å². The molecule has 5 heteroatoms. The number of hydrogen-bond donors (Lipinski definition) is 0. The smallest absolute Gasteiger partial charge is 0.259 e. The first-order valence-corrected chi connectivity index (χ1v) is 5.86. The van der Waals surface area contributed by atoms with E-state index in [1.807, 2.05) is 18.7 Å². The first-order valence-electron chi connectivity index (χ1n) is 5.86. The third-order valence-electron chi connectivity index (χ3n) is 2.95. The Balaban J connectivity index is 2.20. The molecule has 0 radical (unpaired) electrons. The number of rotatable bonds is 1. The Morgan fingerprint density at radius 3 is 2.35 bits per heavy atom. The predicted octanol–water partition coefficient (Wildman–Crippen LogP) is 1.54. The molecule has 0 N–H and O–H groups in total. The van der Waals surface area contributed by atoms with Crippen molar-refractivity contribution in [2.45, 2.75) is 39.9 Å². The summed E-state index contributed by atoms with van der Waals surface area (Å²) in [5, 5.41) is 3.82. The molecule has 1 aromatic rings. The summed E-state index contributed by atoms with van der Waals surface area (Å²) in [6, 6.07) is 0. The second kappa shape index (κ2) is 4.49. The fourth-order valence-electron chi connectivity index (χ4n) is 2.29. The Bertz CT molecular complexity index is 398. The standard InChI is InChI=1S/C12H18N2O3/c1-7-5-14(6-8(2)16-7)12(15)11-9(3)13-17-10(11)4/h7-8H,5-6H2,1-4H3/t7-,8-/m0/s1. The predicted molar refractivity (Wildman–Crippen MR) is 61.9 cm³/mol. The third-order valence-corrected chi connectivity index (χ3v) is 2.95. The summed E-state index contributed by atoms with van der Waals surface area (Å²) in [6.45, 7) is 8.74. The van der Waals surface area contributed by atoms with Gasteiger partial charge in [-0.25, -0.2) is 0 Å². The van der Waals surface area contributed by atoms with Gasteiger partial charge in [-0.15, -0.1) is 0 Å². The van der Waals surface area contributed by atoms with Gasteiger partial charge in [0.15, 0.2) is 0 Å². The number of nitrogens with zero attached hydrogens (tertiary/aromatic N) is 2. The van der Waals surface area contributed by atoms with Crippen LogP contribution in [0.25, 0.3) is 0 Å². The summed E-state index contributed by atoms with van der Waals surface area (Å²) < 4.78 is 10.6. The minimum Gasteiger partial charge on any atom is -0.372 e. The molecule has 2 heterocycles. The summed E-state index contributed by atoms with van der Waals surface area (Å²) in [6.07, 6.45) is 0.145. The lowest BCUT2D eigenvalue weighted by atomic mass is 10.1. The molecular formula is C12H18N2O3. The molecule has 0 spiro atoms. The highest BCUT2D eigenvalue weighted by atomic mass is 16.5. The van der Waals surface area contributed by atoms with Crippen LogP contribution in [0, 0.1) is 13.8 Å². The van der Waals surface area contributed by atoms with Crippen molar-refractivity contribution in [2.75, 3.05) is 13.1 Å². The van der Waals surface area contributed by atoms with Gasteiger partial charge in [0.2, 0.25) is 0 Å². The van der Waals surface area contributed by atoms with E-state index in [-0.39, 0.29) is 18.1 Å². The lowest BCUT2D eigenvalue weighted by molar-refractivity contribution is -0.0586. The summed E-state index contributed by atoms with van der Waals surface area (Å²) in [7, 11) is 0. The van der Waals surface area contributed by atoms with Crippen LogP contribution in [-0.4, -0.2) is 41.3 Å². The lowest BCUT2D eigenvalue weighted by Gasteiger charge is -2.35. The number of carbonyl (C=O) groups excluding carboxylic acids is 1. The average molecular weight is 238 g/mol. The molecule has 2 atom stereocenters. The second-order valence-electron chi connectivity index (χ2n) is 4.67. The fourth-order valence-corrected chi connectivity index (χ4v) is 2.29. The highest BCUT2D eigenvalue weighted by Gasteiger charge is 2.29. The average Bonchev–Trinajstić information content (AvgIpc) is 2.56. The Morgan fingerprint density at radius 1 is 1.29 bits per heavy atom. The maximum Gasteiger partial charge on any atom is 0.259 e. The maximum atomic E-state index is 12.4. The van der Waals surface area contributed by atoms with Crippen LogP contribution >= 0.6 is 0 Å². The van der Waals surface area contributed by atoms with Gasteiger partial charge in [0.25, 0.3) is 5.91 Å². The molecule has 94 valence electrons. The highest BCUT2D eigenvalue weighted by molar-refractivity contribution is 5.96. The van der Waals surface area contributed by atoms with Crippen molar-refractivity contribution in [2.24, 2.45) is 0 Å². The van der Waals surface area contributed by atoms with Crippen LogP contribution in [0.15, 0.2) is 4.52 Å². The van der Waals surface area contributed by atoms with Gasteiger partial charge in [-0.2, -0.15) is 0 Å². The van der Waals surface area contributed by atoms with Crippen LogP contribution in [0.5, 0.6) is 0 Å². The van der Waals surface area contributed by atoms with E-state index < -0.39 is 0 Å². The quantitative estimate of drug-likeness (QED) is 0.744. The molecule has 1 fully saturated rings. The first-order chi connectivity index (χ1) is 7.99. The van der Waals surface area contributed by atoms with Crippen LogP contribution < -0.4 is 0 Å². The number of amides is 1. The number of hydrogen-bond acceptors (Lipinski definition) is 4. The van der Waals surface area contributed by atoms with Gasteiger partial charge >= 0.3 is 0 Å². The molecule has 0 aliphatic carbocycles. The fraction of sp³-hybridized carbons (Fsp3) is 0.667. The molecule has 5 nitrogen and oxygen atoms in total. The van der Waals surface area contributed by atoms with E-state index in [9.17, 15) is 4.79 Å². The molecule has 2 rings (SSSR count). The summed E-state index contributed by atoms with van der Waals surface area (Å²) >= 11 is 0. The molecule has 1 aliphatic rings. The van der Waals surface area contributed by atoms with Gasteiger partial charge in [0.05, 0.1) is 17.9 Å². The van der Waals surface area contributed by atoms with Crippen molar-refractivity contribution in [3.63, 3.8) is 0 Å². The Labute approximate surface area is 101 Å². The second-order valence-corrected chi connectivity index (χ2v) is 4.67.